The molecule has 0 aliphatic rings. The van der Waals surface area contributed by atoms with Gasteiger partial charge in [0.2, 0.25) is 0 Å². The van der Waals surface area contributed by atoms with Crippen LogP contribution in [0.15, 0.2) is 24.5 Å². The van der Waals surface area contributed by atoms with E-state index in [9.17, 15) is 0 Å². The summed E-state index contributed by atoms with van der Waals surface area (Å²) in [6.45, 7) is 8.39. The van der Waals surface area contributed by atoms with Crippen molar-refractivity contribution in [2.24, 2.45) is 0 Å². The molecule has 0 aliphatic heterocycles. The van der Waals surface area contributed by atoms with E-state index in [0.29, 0.717) is 0 Å². The fraction of sp³-hybridized carbons (Fsp3) is 0.455. The Labute approximate surface area is 81.2 Å². The van der Waals surface area contributed by atoms with Gasteiger partial charge in [0.25, 0.3) is 0 Å². The summed E-state index contributed by atoms with van der Waals surface area (Å²) < 4.78 is 0. The lowest BCUT2D eigenvalue weighted by Crippen LogP contribution is -1.94. The van der Waals surface area contributed by atoms with Gasteiger partial charge in [-0.25, -0.2) is 0 Å². The van der Waals surface area contributed by atoms with E-state index in [1.165, 1.54) is 11.7 Å². The molecule has 1 nitrogen and oxygen atoms in total. The number of rotatable bonds is 2. The molecular formula is C11H18NP. The molecule has 1 heterocycles. The smallest absolute Gasteiger partial charge is 0.0303 e. The van der Waals surface area contributed by atoms with E-state index in [2.05, 4.69) is 38.2 Å². The zero-order valence-electron chi connectivity index (χ0n) is 8.91. The molecule has 0 aromatic carbocycles. The second-order valence-corrected chi connectivity index (χ2v) is 8.73. The van der Waals surface area contributed by atoms with Crippen LogP contribution in [0, 0.1) is 0 Å². The van der Waals surface area contributed by atoms with E-state index in [-0.39, 0.29) is 0 Å². The quantitative estimate of drug-likeness (QED) is 0.661. The molecule has 0 aliphatic carbocycles. The van der Waals surface area contributed by atoms with Crippen molar-refractivity contribution >= 4 is 12.2 Å². The lowest BCUT2D eigenvalue weighted by atomic mass is 10.3. The Morgan fingerprint density at radius 3 is 2.54 bits per heavy atom. The topological polar surface area (TPSA) is 12.9 Å². The molecule has 0 N–H and O–H groups in total. The van der Waals surface area contributed by atoms with Crippen LogP contribution in [0.1, 0.15) is 19.4 Å². The normalized spacial score (nSPS) is 11.4. The van der Waals surface area contributed by atoms with Gasteiger partial charge in [0.1, 0.15) is 0 Å². The highest BCUT2D eigenvalue weighted by molar-refractivity contribution is 7.74. The van der Waals surface area contributed by atoms with Crippen molar-refractivity contribution in [3.8, 4) is 0 Å². The molecule has 0 amide bonds. The highest BCUT2D eigenvalue weighted by Crippen LogP contribution is 2.44. The second kappa shape index (κ2) is 4.11. The lowest BCUT2D eigenvalue weighted by Gasteiger charge is -2.17. The third-order valence-corrected chi connectivity index (χ3v) is 6.09. The Balaban J connectivity index is 2.88. The second-order valence-electron chi connectivity index (χ2n) is 4.15. The molecule has 0 saturated heterocycles. The molecule has 1 aromatic heterocycles. The minimum Gasteiger partial charge on any atom is -0.264 e. The predicted molar refractivity (Wildman–Crippen MR) is 63.1 cm³/mol. The Hall–Kier alpha value is -0.550. The molecule has 1 aromatic rings. The van der Waals surface area contributed by atoms with Gasteiger partial charge in [-0.1, -0.05) is 11.4 Å². The SMILES string of the molecule is CC(C)=P(C)(C)Cc1cccnc1. The van der Waals surface area contributed by atoms with Gasteiger partial charge >= 0.3 is 0 Å². The first kappa shape index (κ1) is 10.5. The van der Waals surface area contributed by atoms with Crippen LogP contribution in [-0.4, -0.2) is 23.6 Å². The summed E-state index contributed by atoms with van der Waals surface area (Å²) in [4.78, 5) is 4.14. The van der Waals surface area contributed by atoms with Crippen LogP contribution in [0.2, 0.25) is 0 Å². The standard InChI is InChI=1S/C11H18NP/c1-10(2)13(3,4)9-11-6-5-7-12-8-11/h5-8H,9H2,1-4H3. The predicted octanol–water partition coefficient (Wildman–Crippen LogP) is 3.07. The minimum atomic E-state index is -0.860. The minimum absolute atomic E-state index is 0.860. The number of pyridine rings is 1. The van der Waals surface area contributed by atoms with Gasteiger partial charge in [-0.2, -0.15) is 0 Å². The first-order valence-electron chi connectivity index (χ1n) is 4.55. The summed E-state index contributed by atoms with van der Waals surface area (Å²) >= 11 is 0. The van der Waals surface area contributed by atoms with Crippen LogP contribution in [0.4, 0.5) is 0 Å². The van der Waals surface area contributed by atoms with Crippen molar-refractivity contribution in [3.05, 3.63) is 30.1 Å². The third kappa shape index (κ3) is 3.00. The molecule has 72 valence electrons. The van der Waals surface area contributed by atoms with Gasteiger partial charge < -0.3 is 0 Å². The van der Waals surface area contributed by atoms with Crippen molar-refractivity contribution in [2.75, 3.05) is 13.3 Å². The fourth-order valence-corrected chi connectivity index (χ4v) is 2.52. The maximum absolute atomic E-state index is 4.14. The summed E-state index contributed by atoms with van der Waals surface area (Å²) in [5.74, 6) is 0. The van der Waals surface area contributed by atoms with E-state index in [4.69, 9.17) is 0 Å². The number of hydrogen-bond donors (Lipinski definition) is 0. The number of hydrogen-bond acceptors (Lipinski definition) is 1. The number of nitrogens with zero attached hydrogens (tertiary/aromatic N) is 1. The molecule has 0 fully saturated rings. The summed E-state index contributed by atoms with van der Waals surface area (Å²) in [5.41, 5.74) is 1.36. The van der Waals surface area contributed by atoms with Gasteiger partial charge in [-0.05, 0) is 45.0 Å². The van der Waals surface area contributed by atoms with Crippen LogP contribution in [0.5, 0.6) is 0 Å². The molecule has 0 radical (unpaired) electrons. The van der Waals surface area contributed by atoms with Crippen LogP contribution >= 0.6 is 6.89 Å². The van der Waals surface area contributed by atoms with E-state index in [0.717, 1.165) is 0 Å². The van der Waals surface area contributed by atoms with E-state index >= 15 is 0 Å². The molecule has 13 heavy (non-hydrogen) atoms. The maximum Gasteiger partial charge on any atom is 0.0303 e. The largest absolute Gasteiger partial charge is 0.264 e. The van der Waals surface area contributed by atoms with Crippen molar-refractivity contribution in [1.82, 2.24) is 4.98 Å². The summed E-state index contributed by atoms with van der Waals surface area (Å²) in [6.07, 6.45) is 4.99. The van der Waals surface area contributed by atoms with E-state index in [1.807, 2.05) is 18.5 Å². The molecule has 0 spiro atoms. The molecule has 0 atom stereocenters. The van der Waals surface area contributed by atoms with Crippen LogP contribution in [-0.2, 0) is 6.16 Å². The average molecular weight is 195 g/mol. The Morgan fingerprint density at radius 2 is 2.08 bits per heavy atom. The fourth-order valence-electron chi connectivity index (χ4n) is 1.11. The Kier molecular flexibility index (Phi) is 3.33. The van der Waals surface area contributed by atoms with Crippen molar-refractivity contribution in [1.29, 1.82) is 0 Å². The Morgan fingerprint density at radius 1 is 1.38 bits per heavy atom. The molecule has 0 bridgehead atoms. The van der Waals surface area contributed by atoms with Crippen LogP contribution in [0.25, 0.3) is 0 Å². The van der Waals surface area contributed by atoms with Gasteiger partial charge in [-0.3, -0.25) is 4.98 Å². The maximum atomic E-state index is 4.14. The molecular weight excluding hydrogens is 177 g/mol. The molecule has 0 unspecified atom stereocenters. The number of aromatic nitrogens is 1. The van der Waals surface area contributed by atoms with E-state index < -0.39 is 6.89 Å². The Bertz CT molecular complexity index is 317. The lowest BCUT2D eigenvalue weighted by molar-refractivity contribution is 1.24. The summed E-state index contributed by atoms with van der Waals surface area (Å²) in [6, 6.07) is 4.18. The average Bonchev–Trinajstić information content (AvgIpc) is 2.05. The van der Waals surface area contributed by atoms with E-state index in [1.54, 1.807) is 5.29 Å². The highest BCUT2D eigenvalue weighted by Gasteiger charge is 2.06. The third-order valence-electron chi connectivity index (χ3n) is 2.51. The van der Waals surface area contributed by atoms with Crippen molar-refractivity contribution in [3.63, 3.8) is 0 Å². The van der Waals surface area contributed by atoms with Gasteiger partial charge in [0, 0.05) is 12.4 Å². The van der Waals surface area contributed by atoms with Gasteiger partial charge in [0.15, 0.2) is 0 Å². The molecule has 2 heteroatoms. The summed E-state index contributed by atoms with van der Waals surface area (Å²) in [5, 5.41) is 1.58. The first-order valence-corrected chi connectivity index (χ1v) is 7.42. The van der Waals surface area contributed by atoms with Crippen LogP contribution in [0.3, 0.4) is 0 Å². The first-order chi connectivity index (χ1) is 6.02. The van der Waals surface area contributed by atoms with Gasteiger partial charge in [0.05, 0.1) is 0 Å². The van der Waals surface area contributed by atoms with Crippen LogP contribution < -0.4 is 0 Å². The van der Waals surface area contributed by atoms with Gasteiger partial charge in [-0.15, -0.1) is 6.89 Å². The molecule has 1 rings (SSSR count). The highest BCUT2D eigenvalue weighted by atomic mass is 31.2. The molecule has 0 saturated carbocycles. The zero-order chi connectivity index (χ0) is 9.90. The van der Waals surface area contributed by atoms with Crippen molar-refractivity contribution in [2.45, 2.75) is 20.0 Å². The van der Waals surface area contributed by atoms with Crippen molar-refractivity contribution < 1.29 is 0 Å². The monoisotopic (exact) mass is 195 g/mol. The summed E-state index contributed by atoms with van der Waals surface area (Å²) in [7, 11) is 0. The zero-order valence-corrected chi connectivity index (χ0v) is 9.81.